The van der Waals surface area contributed by atoms with Crippen molar-refractivity contribution in [3.63, 3.8) is 0 Å². The number of nitrogens with zero attached hydrogens (tertiary/aromatic N) is 1. The van der Waals surface area contributed by atoms with Gasteiger partial charge in [-0.05, 0) is 32.4 Å². The zero-order chi connectivity index (χ0) is 14.2. The maximum Gasteiger partial charge on any atom is 0.415 e. The van der Waals surface area contributed by atoms with Gasteiger partial charge in [-0.15, -0.1) is 0 Å². The quantitative estimate of drug-likeness (QED) is 0.760. The fourth-order valence-electron chi connectivity index (χ4n) is 2.11. The highest BCUT2D eigenvalue weighted by Gasteiger charge is 2.36. The Morgan fingerprint density at radius 3 is 2.53 bits per heavy atom. The minimum absolute atomic E-state index is 0.248. The summed E-state index contributed by atoms with van der Waals surface area (Å²) >= 11 is 0. The highest BCUT2D eigenvalue weighted by atomic mass is 16.6. The summed E-state index contributed by atoms with van der Waals surface area (Å²) in [5.74, 6) is -1.28. The molecule has 2 rings (SSSR count). The number of anilines is 1. The Kier molecular flexibility index (Phi) is 3.22. The second kappa shape index (κ2) is 4.57. The van der Waals surface area contributed by atoms with Crippen LogP contribution in [0, 0.1) is 0 Å². The van der Waals surface area contributed by atoms with Crippen LogP contribution >= 0.6 is 0 Å². The lowest BCUT2D eigenvalue weighted by Gasteiger charge is -2.29. The van der Waals surface area contributed by atoms with E-state index in [0.717, 1.165) is 10.5 Å². The Bertz CT molecular complexity index is 518. The van der Waals surface area contributed by atoms with Crippen molar-refractivity contribution in [2.24, 2.45) is 0 Å². The Balaban J connectivity index is 2.34. The standard InChI is InChI=1S/C14H17NO4/c1-14(2,3)19-13(18)15-10-7-5-4-6-9(10)8-11(15)12(16)17/h4-7,11H,8H2,1-3H3,(H,16,17)/p-1/t11-/m0/s1. The van der Waals surface area contributed by atoms with Gasteiger partial charge in [0, 0.05) is 6.42 Å². The number of carboxylic acid groups (broad SMARTS) is 1. The van der Waals surface area contributed by atoms with E-state index in [1.165, 1.54) is 0 Å². The van der Waals surface area contributed by atoms with Crippen LogP contribution in [0.4, 0.5) is 10.5 Å². The molecule has 1 aliphatic heterocycles. The first kappa shape index (κ1) is 13.4. The van der Waals surface area contributed by atoms with Gasteiger partial charge < -0.3 is 14.6 Å². The van der Waals surface area contributed by atoms with E-state index in [4.69, 9.17) is 4.74 Å². The van der Waals surface area contributed by atoms with Crippen molar-refractivity contribution in [3.8, 4) is 0 Å². The lowest BCUT2D eigenvalue weighted by atomic mass is 10.1. The normalized spacial score (nSPS) is 18.1. The topological polar surface area (TPSA) is 69.7 Å². The molecular formula is C14H16NO4-. The van der Waals surface area contributed by atoms with Crippen LogP contribution in [0.15, 0.2) is 24.3 Å². The SMILES string of the molecule is CC(C)(C)OC(=O)N1c2ccccc2C[C@H]1C(=O)[O-]. The highest BCUT2D eigenvalue weighted by Crippen LogP contribution is 2.33. The predicted octanol–water partition coefficient (Wildman–Crippen LogP) is 1.10. The number of ether oxygens (including phenoxy) is 1. The summed E-state index contributed by atoms with van der Waals surface area (Å²) < 4.78 is 5.25. The second-order valence-electron chi connectivity index (χ2n) is 5.52. The molecule has 0 aliphatic carbocycles. The van der Waals surface area contributed by atoms with Crippen LogP contribution in [0.3, 0.4) is 0 Å². The Labute approximate surface area is 111 Å². The van der Waals surface area contributed by atoms with Crippen LogP contribution in [0.5, 0.6) is 0 Å². The van der Waals surface area contributed by atoms with Crippen LogP contribution < -0.4 is 10.0 Å². The molecule has 19 heavy (non-hydrogen) atoms. The summed E-state index contributed by atoms with van der Waals surface area (Å²) in [6, 6.07) is 6.07. The predicted molar refractivity (Wildman–Crippen MR) is 67.7 cm³/mol. The van der Waals surface area contributed by atoms with Crippen LogP contribution in [0.1, 0.15) is 26.3 Å². The van der Waals surface area contributed by atoms with Crippen molar-refractivity contribution in [1.82, 2.24) is 0 Å². The van der Waals surface area contributed by atoms with Crippen LogP contribution in [-0.4, -0.2) is 23.7 Å². The van der Waals surface area contributed by atoms with Crippen molar-refractivity contribution in [2.45, 2.75) is 38.8 Å². The average molecular weight is 262 g/mol. The number of carbonyl (C=O) groups is 2. The Hall–Kier alpha value is -2.04. The van der Waals surface area contributed by atoms with Crippen LogP contribution in [0.2, 0.25) is 0 Å². The lowest BCUT2D eigenvalue weighted by molar-refractivity contribution is -0.307. The van der Waals surface area contributed by atoms with E-state index in [9.17, 15) is 14.7 Å². The molecule has 102 valence electrons. The number of rotatable bonds is 1. The fourth-order valence-corrected chi connectivity index (χ4v) is 2.11. The number of fused-ring (bicyclic) bond motifs is 1. The summed E-state index contributed by atoms with van der Waals surface area (Å²) in [6.07, 6.45) is -0.413. The van der Waals surface area contributed by atoms with Crippen LogP contribution in [-0.2, 0) is 16.0 Å². The monoisotopic (exact) mass is 262 g/mol. The van der Waals surface area contributed by atoms with Gasteiger partial charge in [0.25, 0.3) is 0 Å². The van der Waals surface area contributed by atoms with Crippen LogP contribution in [0.25, 0.3) is 0 Å². The number of aliphatic carboxylic acids is 1. The molecule has 0 saturated heterocycles. The molecule has 5 heteroatoms. The Morgan fingerprint density at radius 2 is 1.95 bits per heavy atom. The summed E-state index contributed by atoms with van der Waals surface area (Å²) in [5.41, 5.74) is 0.707. The third-order valence-corrected chi connectivity index (χ3v) is 2.84. The van der Waals surface area contributed by atoms with Gasteiger partial charge in [0.05, 0.1) is 17.7 Å². The maximum absolute atomic E-state index is 12.2. The van der Waals surface area contributed by atoms with Gasteiger partial charge in [-0.1, -0.05) is 18.2 Å². The summed E-state index contributed by atoms with van der Waals surface area (Å²) in [7, 11) is 0. The van der Waals surface area contributed by atoms with Gasteiger partial charge in [0.1, 0.15) is 5.60 Å². The number of amides is 1. The smallest absolute Gasteiger partial charge is 0.415 e. The van der Waals surface area contributed by atoms with Crippen molar-refractivity contribution >= 4 is 17.7 Å². The lowest BCUT2D eigenvalue weighted by Crippen LogP contribution is -2.50. The molecule has 0 N–H and O–H groups in total. The summed E-state index contributed by atoms with van der Waals surface area (Å²) in [6.45, 7) is 5.21. The first-order valence-electron chi connectivity index (χ1n) is 6.10. The average Bonchev–Trinajstić information content (AvgIpc) is 2.65. The molecule has 0 unspecified atom stereocenters. The van der Waals surface area contributed by atoms with E-state index in [1.807, 2.05) is 6.07 Å². The second-order valence-corrected chi connectivity index (χ2v) is 5.52. The molecule has 1 heterocycles. The van der Waals surface area contributed by atoms with Crippen molar-refractivity contribution in [2.75, 3.05) is 4.90 Å². The molecule has 5 nitrogen and oxygen atoms in total. The van der Waals surface area contributed by atoms with Gasteiger partial charge in [-0.25, -0.2) is 4.79 Å². The number of benzene rings is 1. The molecule has 0 spiro atoms. The van der Waals surface area contributed by atoms with E-state index >= 15 is 0 Å². The zero-order valence-corrected chi connectivity index (χ0v) is 11.2. The molecule has 0 saturated carbocycles. The third kappa shape index (κ3) is 2.70. The minimum atomic E-state index is -1.28. The largest absolute Gasteiger partial charge is 0.548 e. The molecule has 1 atom stereocenters. The first-order chi connectivity index (χ1) is 8.79. The van der Waals surface area contributed by atoms with Gasteiger partial charge in [-0.2, -0.15) is 0 Å². The number of carboxylic acids is 1. The minimum Gasteiger partial charge on any atom is -0.548 e. The molecule has 0 fully saturated rings. The molecule has 1 aliphatic rings. The van der Waals surface area contributed by atoms with E-state index in [-0.39, 0.29) is 6.42 Å². The molecule has 0 aromatic heterocycles. The number of hydrogen-bond donors (Lipinski definition) is 0. The fraction of sp³-hybridized carbons (Fsp3) is 0.429. The summed E-state index contributed by atoms with van der Waals surface area (Å²) in [5, 5.41) is 11.2. The first-order valence-corrected chi connectivity index (χ1v) is 6.10. The third-order valence-electron chi connectivity index (χ3n) is 2.84. The van der Waals surface area contributed by atoms with Gasteiger partial charge in [0.15, 0.2) is 0 Å². The molecule has 0 radical (unpaired) electrons. The van der Waals surface area contributed by atoms with Crippen molar-refractivity contribution in [3.05, 3.63) is 29.8 Å². The molecule has 1 amide bonds. The number of hydrogen-bond acceptors (Lipinski definition) is 4. The zero-order valence-electron chi connectivity index (χ0n) is 11.2. The van der Waals surface area contributed by atoms with E-state index in [1.54, 1.807) is 39.0 Å². The van der Waals surface area contributed by atoms with Gasteiger partial charge >= 0.3 is 6.09 Å². The van der Waals surface area contributed by atoms with Gasteiger partial charge in [-0.3, -0.25) is 4.90 Å². The molecule has 1 aromatic carbocycles. The maximum atomic E-state index is 12.2. The molecule has 1 aromatic rings. The number of para-hydroxylation sites is 1. The van der Waals surface area contributed by atoms with E-state index in [2.05, 4.69) is 0 Å². The molecular weight excluding hydrogens is 246 g/mol. The van der Waals surface area contributed by atoms with Crippen molar-refractivity contribution < 1.29 is 19.4 Å². The highest BCUT2D eigenvalue weighted by molar-refractivity contribution is 5.98. The Morgan fingerprint density at radius 1 is 1.32 bits per heavy atom. The van der Waals surface area contributed by atoms with Gasteiger partial charge in [0.2, 0.25) is 0 Å². The van der Waals surface area contributed by atoms with E-state index in [0.29, 0.717) is 5.69 Å². The van der Waals surface area contributed by atoms with E-state index < -0.39 is 23.7 Å². The van der Waals surface area contributed by atoms with Crippen molar-refractivity contribution in [1.29, 1.82) is 0 Å². The summed E-state index contributed by atoms with van der Waals surface area (Å²) in [4.78, 5) is 24.5. The molecule has 0 bridgehead atoms. The number of carbonyl (C=O) groups excluding carboxylic acids is 2.